The molecule has 2 aromatic rings. The van der Waals surface area contributed by atoms with Crippen LogP contribution in [0.25, 0.3) is 10.1 Å². The molecule has 1 aromatic carbocycles. The summed E-state index contributed by atoms with van der Waals surface area (Å²) < 4.78 is 2.05. The Bertz CT molecular complexity index is 436. The van der Waals surface area contributed by atoms with Crippen LogP contribution in [0.5, 0.6) is 0 Å². The average molecular weight is 259 g/mol. The molecule has 0 aliphatic heterocycles. The second-order valence-corrected chi connectivity index (χ2v) is 4.74. The van der Waals surface area contributed by atoms with Gasteiger partial charge < -0.3 is 10.2 Å². The normalized spacial score (nSPS) is 11.4. The number of fused-ring (bicyclic) bond motifs is 1. The third-order valence-corrected chi connectivity index (χ3v) is 3.39. The van der Waals surface area contributed by atoms with Crippen molar-refractivity contribution >= 4 is 37.4 Å². The number of aliphatic hydroxyl groups is 2. The minimum absolute atomic E-state index is 0.577. The summed E-state index contributed by atoms with van der Waals surface area (Å²) >= 11 is 4.75. The molecule has 0 aliphatic rings. The molecule has 0 bridgehead atoms. The molecule has 13 heavy (non-hydrogen) atoms. The fraction of sp³-hybridized carbons (Fsp3) is 0.111. The molecule has 2 rings (SSSR count). The largest absolute Gasteiger partial charge is 0.364 e. The lowest BCUT2D eigenvalue weighted by molar-refractivity contribution is -0.0394. The van der Waals surface area contributed by atoms with E-state index in [2.05, 4.69) is 15.9 Å². The summed E-state index contributed by atoms with van der Waals surface area (Å²) in [6.45, 7) is 0. The Morgan fingerprint density at radius 3 is 2.69 bits per heavy atom. The SMILES string of the molecule is OC(O)c1cc2ccc(Br)cc2s1. The standard InChI is InChI=1S/C9H7BrO2S/c10-6-2-1-5-3-8(9(11)12)13-7(5)4-6/h1-4,9,11-12H. The second kappa shape index (κ2) is 3.38. The van der Waals surface area contributed by atoms with Gasteiger partial charge in [0, 0.05) is 9.17 Å². The fourth-order valence-corrected chi connectivity index (χ4v) is 2.64. The molecule has 0 fully saturated rings. The molecule has 0 spiro atoms. The number of aliphatic hydroxyl groups excluding tert-OH is 1. The summed E-state index contributed by atoms with van der Waals surface area (Å²) in [4.78, 5) is 0.577. The van der Waals surface area contributed by atoms with Crippen molar-refractivity contribution in [2.45, 2.75) is 6.29 Å². The van der Waals surface area contributed by atoms with E-state index in [0.717, 1.165) is 14.6 Å². The highest BCUT2D eigenvalue weighted by Crippen LogP contribution is 2.30. The van der Waals surface area contributed by atoms with Crippen LogP contribution in [-0.4, -0.2) is 10.2 Å². The van der Waals surface area contributed by atoms with Gasteiger partial charge >= 0.3 is 0 Å². The molecular weight excluding hydrogens is 252 g/mol. The highest BCUT2D eigenvalue weighted by atomic mass is 79.9. The predicted molar refractivity (Wildman–Crippen MR) is 56.7 cm³/mol. The summed E-state index contributed by atoms with van der Waals surface area (Å²) in [6.07, 6.45) is -1.36. The summed E-state index contributed by atoms with van der Waals surface area (Å²) in [6, 6.07) is 7.63. The maximum Gasteiger partial charge on any atom is 0.188 e. The fourth-order valence-electron chi connectivity index (χ4n) is 1.15. The molecule has 2 nitrogen and oxygen atoms in total. The highest BCUT2D eigenvalue weighted by Gasteiger charge is 2.07. The zero-order valence-electron chi connectivity index (χ0n) is 6.57. The molecule has 0 saturated carbocycles. The van der Waals surface area contributed by atoms with Crippen LogP contribution in [0.3, 0.4) is 0 Å². The molecule has 0 saturated heterocycles. The lowest BCUT2D eigenvalue weighted by Gasteiger charge is -1.94. The number of hydrogen-bond acceptors (Lipinski definition) is 3. The van der Waals surface area contributed by atoms with Crippen molar-refractivity contribution in [3.8, 4) is 0 Å². The molecule has 68 valence electrons. The van der Waals surface area contributed by atoms with Gasteiger partial charge in [0.25, 0.3) is 0 Å². The summed E-state index contributed by atoms with van der Waals surface area (Å²) in [7, 11) is 0. The van der Waals surface area contributed by atoms with Gasteiger partial charge in [0.15, 0.2) is 6.29 Å². The van der Waals surface area contributed by atoms with Gasteiger partial charge in [-0.3, -0.25) is 0 Å². The lowest BCUT2D eigenvalue weighted by Crippen LogP contribution is -1.88. The Morgan fingerprint density at radius 2 is 2.00 bits per heavy atom. The van der Waals surface area contributed by atoms with E-state index in [1.54, 1.807) is 6.07 Å². The van der Waals surface area contributed by atoms with Gasteiger partial charge in [0.1, 0.15) is 0 Å². The molecular formula is C9H7BrO2S. The van der Waals surface area contributed by atoms with E-state index in [-0.39, 0.29) is 0 Å². The molecule has 0 atom stereocenters. The van der Waals surface area contributed by atoms with E-state index >= 15 is 0 Å². The van der Waals surface area contributed by atoms with Crippen LogP contribution in [-0.2, 0) is 0 Å². The van der Waals surface area contributed by atoms with E-state index in [9.17, 15) is 0 Å². The van der Waals surface area contributed by atoms with E-state index in [1.807, 2.05) is 18.2 Å². The molecule has 0 unspecified atom stereocenters. The van der Waals surface area contributed by atoms with Crippen LogP contribution in [0, 0.1) is 0 Å². The first-order valence-corrected chi connectivity index (χ1v) is 5.33. The van der Waals surface area contributed by atoms with Gasteiger partial charge in [-0.2, -0.15) is 0 Å². The van der Waals surface area contributed by atoms with Gasteiger partial charge in [-0.25, -0.2) is 0 Å². The van der Waals surface area contributed by atoms with Crippen LogP contribution >= 0.6 is 27.3 Å². The minimum Gasteiger partial charge on any atom is -0.364 e. The van der Waals surface area contributed by atoms with Gasteiger partial charge in [-0.1, -0.05) is 22.0 Å². The van der Waals surface area contributed by atoms with Crippen LogP contribution in [0.4, 0.5) is 0 Å². The Hall–Kier alpha value is -0.420. The van der Waals surface area contributed by atoms with E-state index in [4.69, 9.17) is 10.2 Å². The first-order chi connectivity index (χ1) is 6.16. The molecule has 1 heterocycles. The first-order valence-electron chi connectivity index (χ1n) is 3.72. The lowest BCUT2D eigenvalue weighted by atomic mass is 10.2. The van der Waals surface area contributed by atoms with E-state index in [0.29, 0.717) is 4.88 Å². The Labute approximate surface area is 87.6 Å². The van der Waals surface area contributed by atoms with Gasteiger partial charge in [-0.05, 0) is 23.6 Å². The van der Waals surface area contributed by atoms with E-state index in [1.165, 1.54) is 11.3 Å². The average Bonchev–Trinajstić information content (AvgIpc) is 2.46. The van der Waals surface area contributed by atoms with Gasteiger partial charge in [-0.15, -0.1) is 11.3 Å². The van der Waals surface area contributed by atoms with Crippen molar-refractivity contribution in [3.63, 3.8) is 0 Å². The minimum atomic E-state index is -1.36. The number of halogens is 1. The van der Waals surface area contributed by atoms with Crippen LogP contribution in [0.2, 0.25) is 0 Å². The molecule has 0 amide bonds. The summed E-state index contributed by atoms with van der Waals surface area (Å²) in [5.41, 5.74) is 0. The van der Waals surface area contributed by atoms with Crippen molar-refractivity contribution in [2.24, 2.45) is 0 Å². The topological polar surface area (TPSA) is 40.5 Å². The Kier molecular flexibility index (Phi) is 2.38. The molecule has 0 radical (unpaired) electrons. The Balaban J connectivity index is 2.62. The van der Waals surface area contributed by atoms with Crippen LogP contribution in [0.1, 0.15) is 11.2 Å². The van der Waals surface area contributed by atoms with Crippen LogP contribution < -0.4 is 0 Å². The van der Waals surface area contributed by atoms with Crippen LogP contribution in [0.15, 0.2) is 28.7 Å². The Morgan fingerprint density at radius 1 is 1.23 bits per heavy atom. The zero-order valence-corrected chi connectivity index (χ0v) is 8.97. The number of thiophene rings is 1. The molecule has 2 N–H and O–H groups in total. The smallest absolute Gasteiger partial charge is 0.188 e. The second-order valence-electron chi connectivity index (χ2n) is 2.70. The maximum atomic E-state index is 8.95. The monoisotopic (exact) mass is 258 g/mol. The highest BCUT2D eigenvalue weighted by molar-refractivity contribution is 9.10. The third kappa shape index (κ3) is 1.76. The maximum absolute atomic E-state index is 8.95. The van der Waals surface area contributed by atoms with Crippen molar-refractivity contribution in [2.75, 3.05) is 0 Å². The zero-order chi connectivity index (χ0) is 9.42. The van der Waals surface area contributed by atoms with Crippen molar-refractivity contribution in [1.82, 2.24) is 0 Å². The van der Waals surface area contributed by atoms with Gasteiger partial charge in [0.2, 0.25) is 0 Å². The van der Waals surface area contributed by atoms with E-state index < -0.39 is 6.29 Å². The quantitative estimate of drug-likeness (QED) is 0.773. The molecule has 0 aliphatic carbocycles. The predicted octanol–water partition coefficient (Wildman–Crippen LogP) is 2.65. The molecule has 4 heteroatoms. The number of rotatable bonds is 1. The summed E-state index contributed by atoms with van der Waals surface area (Å²) in [5.74, 6) is 0. The third-order valence-electron chi connectivity index (χ3n) is 1.76. The van der Waals surface area contributed by atoms with Crippen molar-refractivity contribution in [3.05, 3.63) is 33.6 Å². The van der Waals surface area contributed by atoms with Crippen molar-refractivity contribution < 1.29 is 10.2 Å². The van der Waals surface area contributed by atoms with Gasteiger partial charge in [0.05, 0.1) is 4.88 Å². The molecule has 1 aromatic heterocycles. The van der Waals surface area contributed by atoms with Crippen molar-refractivity contribution in [1.29, 1.82) is 0 Å². The number of benzene rings is 1. The first kappa shape index (κ1) is 9.15. The summed E-state index contributed by atoms with van der Waals surface area (Å²) in [5, 5.41) is 18.9. The number of hydrogen-bond donors (Lipinski definition) is 2.